The van der Waals surface area contributed by atoms with E-state index in [2.05, 4.69) is 30.7 Å². The van der Waals surface area contributed by atoms with Gasteiger partial charge in [-0.25, -0.2) is 0 Å². The Morgan fingerprint density at radius 3 is 3.05 bits per heavy atom. The van der Waals surface area contributed by atoms with Crippen molar-refractivity contribution in [2.75, 3.05) is 0 Å². The zero-order valence-corrected chi connectivity index (χ0v) is 13.6. The normalized spacial score (nSPS) is 15.6. The summed E-state index contributed by atoms with van der Waals surface area (Å²) >= 11 is 3.47. The molecule has 0 saturated heterocycles. The molecule has 0 spiro atoms. The summed E-state index contributed by atoms with van der Waals surface area (Å²) in [5, 5.41) is 8.50. The summed E-state index contributed by atoms with van der Waals surface area (Å²) in [5.41, 5.74) is 6.99. The van der Waals surface area contributed by atoms with Gasteiger partial charge in [0.15, 0.2) is 5.82 Å². The third kappa shape index (κ3) is 3.11. The first kappa shape index (κ1) is 14.5. The zero-order chi connectivity index (χ0) is 14.8. The number of nitrogens with zero attached hydrogens (tertiary/aromatic N) is 3. The van der Waals surface area contributed by atoms with Crippen LogP contribution >= 0.6 is 15.9 Å². The van der Waals surface area contributed by atoms with Crippen molar-refractivity contribution in [3.8, 4) is 5.75 Å². The van der Waals surface area contributed by atoms with Crippen LogP contribution in [0, 0.1) is 0 Å². The summed E-state index contributed by atoms with van der Waals surface area (Å²) in [4.78, 5) is 0. The Kier molecular flexibility index (Phi) is 4.26. The summed E-state index contributed by atoms with van der Waals surface area (Å²) < 4.78 is 9.11. The Balaban J connectivity index is 1.79. The lowest BCUT2D eigenvalue weighted by atomic mass is 10.1. The van der Waals surface area contributed by atoms with Crippen LogP contribution in [0.2, 0.25) is 0 Å². The maximum Gasteiger partial charge on any atom is 0.171 e. The molecule has 1 atom stereocenters. The van der Waals surface area contributed by atoms with E-state index >= 15 is 0 Å². The minimum absolute atomic E-state index is 0.0691. The molecule has 1 aliphatic rings. The molecule has 1 aromatic heterocycles. The number of rotatable bonds is 4. The van der Waals surface area contributed by atoms with Gasteiger partial charge in [0.1, 0.15) is 18.2 Å². The van der Waals surface area contributed by atoms with Gasteiger partial charge in [0.2, 0.25) is 0 Å². The van der Waals surface area contributed by atoms with Crippen LogP contribution < -0.4 is 10.5 Å². The number of nitrogens with two attached hydrogens (primary N) is 1. The number of ether oxygens (including phenoxy) is 1. The van der Waals surface area contributed by atoms with E-state index < -0.39 is 0 Å². The summed E-state index contributed by atoms with van der Waals surface area (Å²) in [6.07, 6.45) is 3.38. The van der Waals surface area contributed by atoms with E-state index in [1.165, 1.54) is 12.8 Å². The fraction of sp³-hybridized carbons (Fsp3) is 0.467. The van der Waals surface area contributed by atoms with Crippen molar-refractivity contribution in [2.45, 2.75) is 45.4 Å². The quantitative estimate of drug-likeness (QED) is 0.920. The van der Waals surface area contributed by atoms with Crippen molar-refractivity contribution in [1.82, 2.24) is 14.8 Å². The average Bonchev–Trinajstić information content (AvgIpc) is 2.88. The van der Waals surface area contributed by atoms with Crippen molar-refractivity contribution in [2.24, 2.45) is 5.73 Å². The van der Waals surface area contributed by atoms with Crippen molar-refractivity contribution >= 4 is 15.9 Å². The number of aromatic nitrogens is 3. The van der Waals surface area contributed by atoms with Gasteiger partial charge < -0.3 is 15.0 Å². The Hall–Kier alpha value is -1.40. The molecule has 0 aliphatic carbocycles. The molecule has 2 aromatic rings. The Labute approximate surface area is 132 Å². The number of aryl methyl sites for hydroxylation is 1. The van der Waals surface area contributed by atoms with Gasteiger partial charge in [-0.3, -0.25) is 0 Å². The first-order valence-corrected chi connectivity index (χ1v) is 8.03. The molecule has 0 bridgehead atoms. The first-order chi connectivity index (χ1) is 10.1. The first-order valence-electron chi connectivity index (χ1n) is 7.24. The molecule has 1 aliphatic heterocycles. The van der Waals surface area contributed by atoms with Crippen LogP contribution in [0.15, 0.2) is 22.7 Å². The van der Waals surface area contributed by atoms with Crippen molar-refractivity contribution in [1.29, 1.82) is 0 Å². The molecule has 2 heterocycles. The van der Waals surface area contributed by atoms with Crippen LogP contribution in [0.5, 0.6) is 5.75 Å². The lowest BCUT2D eigenvalue weighted by molar-refractivity contribution is 0.282. The summed E-state index contributed by atoms with van der Waals surface area (Å²) in [6.45, 7) is 3.36. The largest absolute Gasteiger partial charge is 0.485 e. The molecule has 0 radical (unpaired) electrons. The van der Waals surface area contributed by atoms with E-state index in [1.807, 2.05) is 25.1 Å². The van der Waals surface area contributed by atoms with Gasteiger partial charge in [0.25, 0.3) is 0 Å². The highest BCUT2D eigenvalue weighted by Crippen LogP contribution is 2.28. The van der Waals surface area contributed by atoms with Crippen LogP contribution in [0.25, 0.3) is 0 Å². The van der Waals surface area contributed by atoms with E-state index in [-0.39, 0.29) is 6.04 Å². The number of halogens is 1. The van der Waals surface area contributed by atoms with E-state index in [0.29, 0.717) is 6.61 Å². The lowest BCUT2D eigenvalue weighted by Gasteiger charge is -2.17. The van der Waals surface area contributed by atoms with Crippen LogP contribution in [0.1, 0.15) is 43.0 Å². The smallest absolute Gasteiger partial charge is 0.171 e. The number of fused-ring (bicyclic) bond motifs is 1. The van der Waals surface area contributed by atoms with Crippen molar-refractivity contribution in [3.63, 3.8) is 0 Å². The number of hydrogen-bond donors (Lipinski definition) is 1. The maximum atomic E-state index is 6.00. The fourth-order valence-electron chi connectivity index (χ4n) is 2.63. The molecule has 112 valence electrons. The van der Waals surface area contributed by atoms with Gasteiger partial charge >= 0.3 is 0 Å². The van der Waals surface area contributed by atoms with Crippen LogP contribution in [0.3, 0.4) is 0 Å². The molecular formula is C15H19BrN4O. The van der Waals surface area contributed by atoms with Gasteiger partial charge in [0, 0.05) is 29.0 Å². The standard InChI is InChI=1S/C15H19BrN4O/c1-10(17)12-6-5-11(16)8-13(12)21-9-15-19-18-14-4-2-3-7-20(14)15/h5-6,8,10H,2-4,7,9,17H2,1H3/t10-/m0/s1. The van der Waals surface area contributed by atoms with Crippen LogP contribution in [-0.2, 0) is 19.6 Å². The van der Waals surface area contributed by atoms with Crippen molar-refractivity contribution in [3.05, 3.63) is 39.9 Å². The predicted molar refractivity (Wildman–Crippen MR) is 84.0 cm³/mol. The molecule has 5 nitrogen and oxygen atoms in total. The van der Waals surface area contributed by atoms with Gasteiger partial charge in [-0.2, -0.15) is 0 Å². The summed E-state index contributed by atoms with van der Waals surface area (Å²) in [6, 6.07) is 5.85. The van der Waals surface area contributed by atoms with E-state index in [0.717, 1.165) is 40.4 Å². The molecule has 0 fully saturated rings. The molecule has 6 heteroatoms. The minimum Gasteiger partial charge on any atom is -0.485 e. The molecule has 21 heavy (non-hydrogen) atoms. The van der Waals surface area contributed by atoms with Gasteiger partial charge in [0.05, 0.1) is 0 Å². The average molecular weight is 351 g/mol. The van der Waals surface area contributed by atoms with Crippen LogP contribution in [0.4, 0.5) is 0 Å². The lowest BCUT2D eigenvalue weighted by Crippen LogP contribution is -2.15. The van der Waals surface area contributed by atoms with E-state index in [1.54, 1.807) is 0 Å². The second-order valence-corrected chi connectivity index (χ2v) is 6.32. The van der Waals surface area contributed by atoms with Gasteiger partial charge in [-0.1, -0.05) is 22.0 Å². The zero-order valence-electron chi connectivity index (χ0n) is 12.1. The fourth-order valence-corrected chi connectivity index (χ4v) is 2.97. The number of benzene rings is 1. The Bertz CT molecular complexity index is 639. The highest BCUT2D eigenvalue weighted by molar-refractivity contribution is 9.10. The minimum atomic E-state index is -0.0691. The predicted octanol–water partition coefficient (Wildman–Crippen LogP) is 2.98. The van der Waals surface area contributed by atoms with Gasteiger partial charge in [-0.05, 0) is 31.9 Å². The third-order valence-corrected chi connectivity index (χ3v) is 4.25. The second-order valence-electron chi connectivity index (χ2n) is 5.40. The topological polar surface area (TPSA) is 66.0 Å². The Morgan fingerprint density at radius 2 is 2.24 bits per heavy atom. The van der Waals surface area contributed by atoms with E-state index in [9.17, 15) is 0 Å². The van der Waals surface area contributed by atoms with Crippen LogP contribution in [-0.4, -0.2) is 14.8 Å². The summed E-state index contributed by atoms with van der Waals surface area (Å²) in [5.74, 6) is 2.76. The van der Waals surface area contributed by atoms with Gasteiger partial charge in [-0.15, -0.1) is 10.2 Å². The van der Waals surface area contributed by atoms with Crippen molar-refractivity contribution < 1.29 is 4.74 Å². The Morgan fingerprint density at radius 1 is 1.38 bits per heavy atom. The monoisotopic (exact) mass is 350 g/mol. The molecular weight excluding hydrogens is 332 g/mol. The summed E-state index contributed by atoms with van der Waals surface area (Å²) in [7, 11) is 0. The SMILES string of the molecule is C[C@H](N)c1ccc(Br)cc1OCc1nnc2n1CCCC2. The maximum absolute atomic E-state index is 6.00. The second kappa shape index (κ2) is 6.15. The molecule has 0 unspecified atom stereocenters. The molecule has 0 saturated carbocycles. The van der Waals surface area contributed by atoms with E-state index in [4.69, 9.17) is 10.5 Å². The molecule has 3 rings (SSSR count). The molecule has 2 N–H and O–H groups in total. The molecule has 0 amide bonds. The highest BCUT2D eigenvalue weighted by atomic mass is 79.9. The molecule has 1 aromatic carbocycles. The third-order valence-electron chi connectivity index (χ3n) is 3.76. The number of hydrogen-bond acceptors (Lipinski definition) is 4. The highest BCUT2D eigenvalue weighted by Gasteiger charge is 2.17.